The van der Waals surface area contributed by atoms with E-state index in [1.54, 1.807) is 13.8 Å². The highest BCUT2D eigenvalue weighted by Gasteiger charge is 2.20. The summed E-state index contributed by atoms with van der Waals surface area (Å²) in [4.78, 5) is 22.6. The minimum atomic E-state index is -0.811. The van der Waals surface area contributed by atoms with Gasteiger partial charge in [-0.15, -0.1) is 6.42 Å². The molecule has 7 heteroatoms. The van der Waals surface area contributed by atoms with Crippen LogP contribution in [0.5, 0.6) is 5.75 Å². The number of nitrogens with one attached hydrogen (secondary N) is 1. The number of terminal acetylenes is 1. The minimum absolute atomic E-state index is 0.138. The van der Waals surface area contributed by atoms with Crippen LogP contribution in [0.4, 0.5) is 0 Å². The predicted molar refractivity (Wildman–Crippen MR) is 98.4 cm³/mol. The minimum Gasteiger partial charge on any atom is -0.490 e. The van der Waals surface area contributed by atoms with E-state index < -0.39 is 11.5 Å². The summed E-state index contributed by atoms with van der Waals surface area (Å²) in [6.07, 6.45) is 7.48. The van der Waals surface area contributed by atoms with Crippen molar-refractivity contribution in [1.82, 2.24) is 5.32 Å². The van der Waals surface area contributed by atoms with Crippen molar-refractivity contribution >= 4 is 35.1 Å². The summed E-state index contributed by atoms with van der Waals surface area (Å²) < 4.78 is 5.56. The first-order chi connectivity index (χ1) is 11.7. The average Bonchev–Trinajstić information content (AvgIpc) is 2.51. The van der Waals surface area contributed by atoms with Crippen LogP contribution in [0.3, 0.4) is 0 Å². The number of aliphatic carboxylic acids is 1. The number of carboxylic acid groups (broad SMARTS) is 1. The Labute approximate surface area is 157 Å². The molecule has 0 spiro atoms. The van der Waals surface area contributed by atoms with Crippen LogP contribution in [0.25, 0.3) is 0 Å². The van der Waals surface area contributed by atoms with E-state index in [4.69, 9.17) is 39.5 Å². The average molecular weight is 386 g/mol. The molecule has 0 saturated heterocycles. The van der Waals surface area contributed by atoms with Gasteiger partial charge in [0.05, 0.1) is 22.2 Å². The van der Waals surface area contributed by atoms with Gasteiger partial charge in [-0.1, -0.05) is 29.1 Å². The van der Waals surface area contributed by atoms with Crippen molar-refractivity contribution < 1.29 is 19.4 Å². The first-order valence-electron chi connectivity index (χ1n) is 7.80. The maximum Gasteiger partial charge on any atom is 0.303 e. The molecule has 0 atom stereocenters. The number of rotatable bonds is 9. The van der Waals surface area contributed by atoms with E-state index in [1.165, 1.54) is 12.1 Å². The molecule has 0 unspecified atom stereocenters. The van der Waals surface area contributed by atoms with Crippen LogP contribution in [-0.4, -0.2) is 29.1 Å². The van der Waals surface area contributed by atoms with Gasteiger partial charge >= 0.3 is 5.97 Å². The Kier molecular flexibility index (Phi) is 8.08. The van der Waals surface area contributed by atoms with E-state index in [-0.39, 0.29) is 27.9 Å². The molecule has 0 heterocycles. The summed E-state index contributed by atoms with van der Waals surface area (Å²) >= 11 is 12.3. The van der Waals surface area contributed by atoms with E-state index in [0.29, 0.717) is 25.2 Å². The fourth-order valence-corrected chi connectivity index (χ4v) is 2.55. The molecule has 1 amide bonds. The fraction of sp³-hybridized carbons (Fsp3) is 0.444. The number of halogens is 2. The smallest absolute Gasteiger partial charge is 0.303 e. The zero-order valence-corrected chi connectivity index (χ0v) is 15.7. The molecule has 5 nitrogen and oxygen atoms in total. The molecule has 136 valence electrons. The summed E-state index contributed by atoms with van der Waals surface area (Å²) in [6.45, 7) is 3.76. The molecule has 0 radical (unpaired) electrons. The molecule has 0 fully saturated rings. The van der Waals surface area contributed by atoms with Crippen molar-refractivity contribution in [3.8, 4) is 18.1 Å². The Morgan fingerprint density at radius 2 is 1.84 bits per heavy atom. The molecule has 0 aromatic heterocycles. The van der Waals surface area contributed by atoms with Crippen LogP contribution in [0.2, 0.25) is 10.0 Å². The van der Waals surface area contributed by atoms with Crippen LogP contribution in [0.1, 0.15) is 49.9 Å². The van der Waals surface area contributed by atoms with Gasteiger partial charge in [0.25, 0.3) is 5.91 Å². The highest BCUT2D eigenvalue weighted by Crippen LogP contribution is 2.34. The van der Waals surface area contributed by atoms with Gasteiger partial charge in [0, 0.05) is 12.0 Å². The summed E-state index contributed by atoms with van der Waals surface area (Å²) in [5.74, 6) is 1.58. The molecule has 1 aromatic rings. The molecule has 2 N–H and O–H groups in total. The highest BCUT2D eigenvalue weighted by atomic mass is 35.5. The Balaban J connectivity index is 2.66. The van der Waals surface area contributed by atoms with Gasteiger partial charge in [-0.3, -0.25) is 9.59 Å². The molecule has 25 heavy (non-hydrogen) atoms. The van der Waals surface area contributed by atoms with Gasteiger partial charge in [0.1, 0.15) is 0 Å². The summed E-state index contributed by atoms with van der Waals surface area (Å²) in [5, 5.41) is 11.7. The van der Waals surface area contributed by atoms with Crippen molar-refractivity contribution in [1.29, 1.82) is 0 Å². The molecule has 1 aromatic carbocycles. The molecular weight excluding hydrogens is 365 g/mol. The molecule has 0 aliphatic heterocycles. The maximum absolute atomic E-state index is 12.2. The van der Waals surface area contributed by atoms with Crippen LogP contribution in [0.15, 0.2) is 12.1 Å². The van der Waals surface area contributed by atoms with Crippen molar-refractivity contribution in [3.63, 3.8) is 0 Å². The maximum atomic E-state index is 12.2. The second kappa shape index (κ2) is 9.55. The van der Waals surface area contributed by atoms with E-state index in [0.717, 1.165) is 6.42 Å². The molecule has 0 aliphatic carbocycles. The van der Waals surface area contributed by atoms with Crippen molar-refractivity contribution in [2.24, 2.45) is 0 Å². The lowest BCUT2D eigenvalue weighted by molar-refractivity contribution is -0.137. The van der Waals surface area contributed by atoms with E-state index in [9.17, 15) is 9.59 Å². The standard InChI is InChI=1S/C18H21Cl2NO4/c1-4-18(2,3)21-17(24)12-10-13(19)16(14(20)11-12)25-9-7-5-6-8-15(22)23/h1,10-11H,5-9H2,2-3H3,(H,21,24)(H,22,23). The highest BCUT2D eigenvalue weighted by molar-refractivity contribution is 6.37. The van der Waals surface area contributed by atoms with Gasteiger partial charge < -0.3 is 15.2 Å². The van der Waals surface area contributed by atoms with Crippen molar-refractivity contribution in [2.75, 3.05) is 6.61 Å². The molecule has 0 bridgehead atoms. The lowest BCUT2D eigenvalue weighted by Gasteiger charge is -2.20. The number of ether oxygens (including phenoxy) is 1. The van der Waals surface area contributed by atoms with Gasteiger partial charge in [0.15, 0.2) is 5.75 Å². The van der Waals surface area contributed by atoms with Crippen molar-refractivity contribution in [3.05, 3.63) is 27.7 Å². The Bertz CT molecular complexity index is 657. The van der Waals surface area contributed by atoms with Gasteiger partial charge in [-0.2, -0.15) is 0 Å². The lowest BCUT2D eigenvalue weighted by Crippen LogP contribution is -2.42. The molecule has 1 rings (SSSR count). The Hall–Kier alpha value is -1.90. The van der Waals surface area contributed by atoms with Gasteiger partial charge in [-0.25, -0.2) is 0 Å². The Morgan fingerprint density at radius 1 is 1.24 bits per heavy atom. The SMILES string of the molecule is C#CC(C)(C)NC(=O)c1cc(Cl)c(OCCCCCC(=O)O)c(Cl)c1. The number of carbonyl (C=O) groups is 2. The topological polar surface area (TPSA) is 75.6 Å². The van der Waals surface area contributed by atoms with Crippen LogP contribution in [0, 0.1) is 12.3 Å². The van der Waals surface area contributed by atoms with Crippen LogP contribution >= 0.6 is 23.2 Å². The number of unbranched alkanes of at least 4 members (excludes halogenated alkanes) is 2. The quantitative estimate of drug-likeness (QED) is 0.494. The van der Waals surface area contributed by atoms with Crippen LogP contribution in [-0.2, 0) is 4.79 Å². The molecule has 0 saturated carbocycles. The third-order valence-electron chi connectivity index (χ3n) is 3.33. The van der Waals surface area contributed by atoms with Crippen molar-refractivity contribution in [2.45, 2.75) is 45.1 Å². The third-order valence-corrected chi connectivity index (χ3v) is 3.89. The fourth-order valence-electron chi connectivity index (χ4n) is 1.95. The number of benzene rings is 1. The summed E-state index contributed by atoms with van der Waals surface area (Å²) in [6, 6.07) is 2.93. The van der Waals surface area contributed by atoms with E-state index in [1.807, 2.05) is 0 Å². The van der Waals surface area contributed by atoms with Gasteiger partial charge in [0.2, 0.25) is 0 Å². The number of amides is 1. The van der Waals surface area contributed by atoms with E-state index in [2.05, 4.69) is 11.2 Å². The largest absolute Gasteiger partial charge is 0.490 e. The zero-order chi connectivity index (χ0) is 19.0. The molecular formula is C18H21Cl2NO4. The normalized spacial score (nSPS) is 10.8. The summed E-state index contributed by atoms with van der Waals surface area (Å²) in [5.41, 5.74) is -0.506. The predicted octanol–water partition coefficient (Wildman–Crippen LogP) is 4.16. The summed E-state index contributed by atoms with van der Waals surface area (Å²) in [7, 11) is 0. The Morgan fingerprint density at radius 3 is 2.36 bits per heavy atom. The first-order valence-corrected chi connectivity index (χ1v) is 8.56. The molecule has 0 aliphatic rings. The number of hydrogen-bond donors (Lipinski definition) is 2. The van der Waals surface area contributed by atoms with Crippen LogP contribution < -0.4 is 10.1 Å². The van der Waals surface area contributed by atoms with Gasteiger partial charge in [-0.05, 0) is 45.2 Å². The van der Waals surface area contributed by atoms with E-state index >= 15 is 0 Å². The monoisotopic (exact) mass is 385 g/mol. The second-order valence-corrected chi connectivity index (χ2v) is 6.86. The third kappa shape index (κ3) is 7.25. The lowest BCUT2D eigenvalue weighted by atomic mass is 10.1. The zero-order valence-electron chi connectivity index (χ0n) is 14.2. The number of carboxylic acids is 1. The first kappa shape index (κ1) is 21.1. The number of hydrogen-bond acceptors (Lipinski definition) is 3. The second-order valence-electron chi connectivity index (χ2n) is 6.05. The number of carbonyl (C=O) groups excluding carboxylic acids is 1.